The highest BCUT2D eigenvalue weighted by atomic mass is 16.4. The van der Waals surface area contributed by atoms with Crippen LogP contribution in [0.5, 0.6) is 0 Å². The Kier molecular flexibility index (Phi) is 3.13. The molecule has 0 bridgehead atoms. The minimum absolute atomic E-state index is 0.107. The van der Waals surface area contributed by atoms with E-state index in [-0.39, 0.29) is 22.8 Å². The molecule has 0 atom stereocenters. The summed E-state index contributed by atoms with van der Waals surface area (Å²) in [4.78, 5) is 15.9. The topological polar surface area (TPSA) is 55.1 Å². The lowest BCUT2D eigenvalue weighted by Gasteiger charge is -2.19. The second kappa shape index (κ2) is 3.92. The molecule has 1 amide bonds. The first-order valence-corrected chi connectivity index (χ1v) is 5.38. The van der Waals surface area contributed by atoms with Crippen molar-refractivity contribution in [1.29, 1.82) is 0 Å². The minimum Gasteiger partial charge on any atom is -0.441 e. The van der Waals surface area contributed by atoms with Gasteiger partial charge < -0.3 is 9.73 Å². The Morgan fingerprint density at radius 1 is 1.25 bits per heavy atom. The maximum absolute atomic E-state index is 11.7. The third-order valence-corrected chi connectivity index (χ3v) is 1.96. The highest BCUT2D eigenvalue weighted by molar-refractivity contribution is 5.90. The van der Waals surface area contributed by atoms with E-state index in [9.17, 15) is 4.79 Å². The SMILES string of the molecule is CC(C)(C)NC(=O)c1nc(C(C)(C)C)co1. The molecule has 1 heterocycles. The summed E-state index contributed by atoms with van der Waals surface area (Å²) in [6, 6.07) is 0. The van der Waals surface area contributed by atoms with Crippen LogP contribution < -0.4 is 5.32 Å². The van der Waals surface area contributed by atoms with Crippen LogP contribution in [0.2, 0.25) is 0 Å². The maximum Gasteiger partial charge on any atom is 0.307 e. The van der Waals surface area contributed by atoms with Crippen molar-refractivity contribution in [3.8, 4) is 0 Å². The molecule has 4 heteroatoms. The quantitative estimate of drug-likeness (QED) is 0.797. The maximum atomic E-state index is 11.7. The van der Waals surface area contributed by atoms with Gasteiger partial charge in [-0.1, -0.05) is 20.8 Å². The molecule has 0 aliphatic rings. The molecule has 1 N–H and O–H groups in total. The first kappa shape index (κ1) is 12.7. The second-order valence-corrected chi connectivity index (χ2v) is 5.99. The molecule has 0 radical (unpaired) electrons. The van der Waals surface area contributed by atoms with Gasteiger partial charge in [0.05, 0.1) is 5.69 Å². The van der Waals surface area contributed by atoms with Gasteiger partial charge in [0.2, 0.25) is 0 Å². The first-order chi connectivity index (χ1) is 7.09. The number of nitrogens with one attached hydrogen (secondary N) is 1. The summed E-state index contributed by atoms with van der Waals surface area (Å²) in [6.07, 6.45) is 1.54. The standard InChI is InChI=1S/C12H20N2O2/c1-11(2,3)8-7-16-10(13-8)9(15)14-12(4,5)6/h7H,1-6H3,(H,14,15). The first-order valence-electron chi connectivity index (χ1n) is 5.38. The van der Waals surface area contributed by atoms with Crippen molar-refractivity contribution in [1.82, 2.24) is 10.3 Å². The lowest BCUT2D eigenvalue weighted by Crippen LogP contribution is -2.40. The molecule has 0 saturated carbocycles. The zero-order chi connectivity index (χ0) is 12.6. The number of amides is 1. The van der Waals surface area contributed by atoms with Crippen LogP contribution in [0.1, 0.15) is 57.9 Å². The minimum atomic E-state index is -0.284. The summed E-state index contributed by atoms with van der Waals surface area (Å²) < 4.78 is 5.18. The summed E-state index contributed by atoms with van der Waals surface area (Å²) in [5, 5.41) is 2.81. The fraction of sp³-hybridized carbons (Fsp3) is 0.667. The van der Waals surface area contributed by atoms with E-state index in [1.54, 1.807) is 0 Å². The number of oxazole rings is 1. The van der Waals surface area contributed by atoms with Crippen LogP contribution in [0.3, 0.4) is 0 Å². The zero-order valence-corrected chi connectivity index (χ0v) is 10.8. The lowest BCUT2D eigenvalue weighted by atomic mass is 9.93. The molecule has 0 unspecified atom stereocenters. The van der Waals surface area contributed by atoms with E-state index in [0.717, 1.165) is 5.69 Å². The summed E-state index contributed by atoms with van der Waals surface area (Å²) >= 11 is 0. The smallest absolute Gasteiger partial charge is 0.307 e. The fourth-order valence-electron chi connectivity index (χ4n) is 1.12. The Labute approximate surface area is 96.4 Å². The summed E-state index contributed by atoms with van der Waals surface area (Å²) in [7, 11) is 0. The highest BCUT2D eigenvalue weighted by Crippen LogP contribution is 2.21. The molecule has 1 aromatic rings. The Morgan fingerprint density at radius 3 is 2.19 bits per heavy atom. The molecular formula is C12H20N2O2. The van der Waals surface area contributed by atoms with Crippen molar-refractivity contribution >= 4 is 5.91 Å². The monoisotopic (exact) mass is 224 g/mol. The van der Waals surface area contributed by atoms with Gasteiger partial charge in [-0.25, -0.2) is 4.98 Å². The van der Waals surface area contributed by atoms with Crippen LogP contribution in [-0.4, -0.2) is 16.4 Å². The molecule has 4 nitrogen and oxygen atoms in total. The van der Waals surface area contributed by atoms with Crippen LogP contribution in [0.25, 0.3) is 0 Å². The molecule has 0 aliphatic carbocycles. The van der Waals surface area contributed by atoms with Gasteiger partial charge in [-0.2, -0.15) is 0 Å². The number of carbonyl (C=O) groups excluding carboxylic acids is 1. The van der Waals surface area contributed by atoms with Crippen molar-refractivity contribution in [2.24, 2.45) is 0 Å². The Morgan fingerprint density at radius 2 is 1.81 bits per heavy atom. The molecule has 0 saturated heterocycles. The molecule has 0 aromatic carbocycles. The number of hydrogen-bond acceptors (Lipinski definition) is 3. The van der Waals surface area contributed by atoms with E-state index in [1.807, 2.05) is 41.5 Å². The largest absolute Gasteiger partial charge is 0.441 e. The molecule has 16 heavy (non-hydrogen) atoms. The predicted octanol–water partition coefficient (Wildman–Crippen LogP) is 2.50. The highest BCUT2D eigenvalue weighted by Gasteiger charge is 2.23. The molecule has 0 spiro atoms. The van der Waals surface area contributed by atoms with Crippen molar-refractivity contribution in [2.45, 2.75) is 52.5 Å². The van der Waals surface area contributed by atoms with Crippen LogP contribution >= 0.6 is 0 Å². The van der Waals surface area contributed by atoms with Gasteiger partial charge in [-0.3, -0.25) is 4.79 Å². The van der Waals surface area contributed by atoms with Gasteiger partial charge in [-0.05, 0) is 20.8 Å². The molecule has 1 aromatic heterocycles. The average molecular weight is 224 g/mol. The van der Waals surface area contributed by atoms with E-state index < -0.39 is 0 Å². The summed E-state index contributed by atoms with van der Waals surface area (Å²) in [5.41, 5.74) is 0.392. The van der Waals surface area contributed by atoms with E-state index in [0.29, 0.717) is 0 Å². The van der Waals surface area contributed by atoms with E-state index in [2.05, 4.69) is 10.3 Å². The number of aromatic nitrogens is 1. The number of nitrogens with zero attached hydrogens (tertiary/aromatic N) is 1. The normalized spacial score (nSPS) is 12.6. The third kappa shape index (κ3) is 3.36. The molecule has 0 fully saturated rings. The fourth-order valence-corrected chi connectivity index (χ4v) is 1.12. The predicted molar refractivity (Wildman–Crippen MR) is 62.4 cm³/mol. The summed E-state index contributed by atoms with van der Waals surface area (Å²) in [6.45, 7) is 11.8. The van der Waals surface area contributed by atoms with Crippen LogP contribution in [-0.2, 0) is 5.41 Å². The van der Waals surface area contributed by atoms with Crippen molar-refractivity contribution < 1.29 is 9.21 Å². The van der Waals surface area contributed by atoms with Crippen LogP contribution in [0.4, 0.5) is 0 Å². The van der Waals surface area contributed by atoms with Crippen LogP contribution in [0, 0.1) is 0 Å². The number of carbonyl (C=O) groups is 1. The van der Waals surface area contributed by atoms with Gasteiger partial charge >= 0.3 is 5.91 Å². The van der Waals surface area contributed by atoms with Crippen molar-refractivity contribution in [3.63, 3.8) is 0 Å². The van der Waals surface area contributed by atoms with Gasteiger partial charge in [0.1, 0.15) is 6.26 Å². The average Bonchev–Trinajstić information content (AvgIpc) is 2.46. The van der Waals surface area contributed by atoms with Crippen molar-refractivity contribution in [3.05, 3.63) is 17.8 Å². The third-order valence-electron chi connectivity index (χ3n) is 1.96. The van der Waals surface area contributed by atoms with Gasteiger partial charge in [0.15, 0.2) is 0 Å². The molecule has 1 rings (SSSR count). The molecule has 90 valence electrons. The second-order valence-electron chi connectivity index (χ2n) is 5.99. The Hall–Kier alpha value is -1.32. The van der Waals surface area contributed by atoms with E-state index in [1.165, 1.54) is 6.26 Å². The Bertz CT molecular complexity index is 380. The molecular weight excluding hydrogens is 204 g/mol. The lowest BCUT2D eigenvalue weighted by molar-refractivity contribution is 0.0884. The number of rotatable bonds is 1. The summed E-state index contributed by atoms with van der Waals surface area (Å²) in [5.74, 6) is -0.150. The Balaban J connectivity index is 2.83. The zero-order valence-electron chi connectivity index (χ0n) is 10.8. The van der Waals surface area contributed by atoms with Crippen LogP contribution in [0.15, 0.2) is 10.7 Å². The molecule has 0 aliphatic heterocycles. The number of hydrogen-bond donors (Lipinski definition) is 1. The van der Waals surface area contributed by atoms with Gasteiger partial charge in [0, 0.05) is 11.0 Å². The van der Waals surface area contributed by atoms with E-state index in [4.69, 9.17) is 4.42 Å². The van der Waals surface area contributed by atoms with Gasteiger partial charge in [-0.15, -0.1) is 0 Å². The van der Waals surface area contributed by atoms with Crippen molar-refractivity contribution in [2.75, 3.05) is 0 Å². The van der Waals surface area contributed by atoms with Gasteiger partial charge in [0.25, 0.3) is 5.89 Å². The van der Waals surface area contributed by atoms with E-state index >= 15 is 0 Å².